The molecule has 0 aromatic carbocycles. The minimum atomic E-state index is -0.127. The zero-order chi connectivity index (χ0) is 12.8. The highest BCUT2D eigenvalue weighted by molar-refractivity contribution is 7.13. The minimum absolute atomic E-state index is 0.127. The van der Waals surface area contributed by atoms with Crippen molar-refractivity contribution in [3.05, 3.63) is 11.6 Å². The summed E-state index contributed by atoms with van der Waals surface area (Å²) in [7, 11) is 1.61. The van der Waals surface area contributed by atoms with Gasteiger partial charge in [-0.3, -0.25) is 0 Å². The summed E-state index contributed by atoms with van der Waals surface area (Å²) in [5, 5.41) is 8.71. The van der Waals surface area contributed by atoms with Gasteiger partial charge < -0.3 is 20.3 Å². The molecular weight excluding hydrogens is 252 g/mol. The summed E-state index contributed by atoms with van der Waals surface area (Å²) in [5.41, 5.74) is 0. The van der Waals surface area contributed by atoms with Crippen molar-refractivity contribution >= 4 is 22.5 Å². The van der Waals surface area contributed by atoms with Crippen molar-refractivity contribution < 1.29 is 9.53 Å². The molecule has 1 aliphatic heterocycles. The fourth-order valence-corrected chi connectivity index (χ4v) is 2.61. The van der Waals surface area contributed by atoms with E-state index in [2.05, 4.69) is 20.5 Å². The first-order chi connectivity index (χ1) is 8.79. The second-order valence-electron chi connectivity index (χ2n) is 4.14. The topological polar surface area (TPSA) is 66.5 Å². The smallest absolute Gasteiger partial charge is 0.315 e. The lowest BCUT2D eigenvalue weighted by Gasteiger charge is -2.16. The normalized spacial score (nSPS) is 18.9. The van der Waals surface area contributed by atoms with E-state index in [1.165, 1.54) is 0 Å². The van der Waals surface area contributed by atoms with Gasteiger partial charge in [0.2, 0.25) is 0 Å². The molecule has 1 aromatic rings. The van der Waals surface area contributed by atoms with Crippen molar-refractivity contribution in [1.82, 2.24) is 15.6 Å². The Morgan fingerprint density at radius 1 is 1.72 bits per heavy atom. The average molecular weight is 270 g/mol. The van der Waals surface area contributed by atoms with Crippen molar-refractivity contribution in [2.45, 2.75) is 12.5 Å². The Bertz CT molecular complexity index is 371. The van der Waals surface area contributed by atoms with Crippen molar-refractivity contribution in [3.8, 4) is 0 Å². The van der Waals surface area contributed by atoms with Crippen LogP contribution in [0.25, 0.3) is 0 Å². The maximum atomic E-state index is 11.6. The Morgan fingerprint density at radius 2 is 2.61 bits per heavy atom. The molecule has 1 fully saturated rings. The summed E-state index contributed by atoms with van der Waals surface area (Å²) in [6.07, 6.45) is 2.76. The summed E-state index contributed by atoms with van der Waals surface area (Å²) < 4.78 is 4.87. The van der Waals surface area contributed by atoms with E-state index in [0.29, 0.717) is 13.2 Å². The van der Waals surface area contributed by atoms with Crippen LogP contribution in [-0.4, -0.2) is 50.4 Å². The number of carbonyl (C=O) groups excluding carboxylic acids is 1. The van der Waals surface area contributed by atoms with E-state index in [4.69, 9.17) is 4.74 Å². The quantitative estimate of drug-likeness (QED) is 0.772. The molecular formula is C11H18N4O2S. The van der Waals surface area contributed by atoms with Gasteiger partial charge in [-0.1, -0.05) is 0 Å². The molecule has 2 heterocycles. The summed E-state index contributed by atoms with van der Waals surface area (Å²) in [6.45, 7) is 2.83. The lowest BCUT2D eigenvalue weighted by molar-refractivity contribution is 0.195. The second kappa shape index (κ2) is 6.55. The fraction of sp³-hybridized carbons (Fsp3) is 0.636. The van der Waals surface area contributed by atoms with Crippen LogP contribution in [0, 0.1) is 0 Å². The predicted octanol–water partition coefficient (Wildman–Crippen LogP) is 0.667. The molecule has 2 N–H and O–H groups in total. The first-order valence-corrected chi connectivity index (χ1v) is 6.85. The van der Waals surface area contributed by atoms with Crippen LogP contribution in [0.2, 0.25) is 0 Å². The number of nitrogens with zero attached hydrogens (tertiary/aromatic N) is 2. The standard InChI is InChI=1S/C11H18N4O2S/c1-17-6-3-12-10(16)14-9-2-5-15(8-9)11-13-4-7-18-11/h4,7,9H,2-3,5-6,8H2,1H3,(H2,12,14,16). The van der Waals surface area contributed by atoms with Gasteiger partial charge in [0.15, 0.2) is 5.13 Å². The number of urea groups is 1. The van der Waals surface area contributed by atoms with Crippen LogP contribution in [0.5, 0.6) is 0 Å². The van der Waals surface area contributed by atoms with E-state index < -0.39 is 0 Å². The molecule has 1 saturated heterocycles. The first kappa shape index (κ1) is 13.1. The second-order valence-corrected chi connectivity index (χ2v) is 5.01. The van der Waals surface area contributed by atoms with E-state index in [-0.39, 0.29) is 12.1 Å². The van der Waals surface area contributed by atoms with E-state index >= 15 is 0 Å². The van der Waals surface area contributed by atoms with E-state index in [9.17, 15) is 4.79 Å². The molecule has 1 unspecified atom stereocenters. The highest BCUT2D eigenvalue weighted by atomic mass is 32.1. The third kappa shape index (κ3) is 3.58. The highest BCUT2D eigenvalue weighted by Crippen LogP contribution is 2.22. The number of amides is 2. The number of rotatable bonds is 5. The largest absolute Gasteiger partial charge is 0.383 e. The maximum absolute atomic E-state index is 11.6. The SMILES string of the molecule is COCCNC(=O)NC1CCN(c2nccs2)C1. The van der Waals surface area contributed by atoms with Crippen LogP contribution in [-0.2, 0) is 4.74 Å². The minimum Gasteiger partial charge on any atom is -0.383 e. The van der Waals surface area contributed by atoms with Crippen LogP contribution in [0.3, 0.4) is 0 Å². The van der Waals surface area contributed by atoms with Gasteiger partial charge in [0.05, 0.1) is 6.61 Å². The first-order valence-electron chi connectivity index (χ1n) is 5.97. The molecule has 7 heteroatoms. The van der Waals surface area contributed by atoms with Gasteiger partial charge in [0.25, 0.3) is 0 Å². The molecule has 6 nitrogen and oxygen atoms in total. The predicted molar refractivity (Wildman–Crippen MR) is 71.1 cm³/mol. The number of hydrogen-bond acceptors (Lipinski definition) is 5. The van der Waals surface area contributed by atoms with Crippen molar-refractivity contribution in [3.63, 3.8) is 0 Å². The molecule has 1 atom stereocenters. The number of nitrogens with one attached hydrogen (secondary N) is 2. The zero-order valence-electron chi connectivity index (χ0n) is 10.4. The third-order valence-corrected chi connectivity index (χ3v) is 3.64. The van der Waals surface area contributed by atoms with Gasteiger partial charge in [-0.2, -0.15) is 0 Å². The zero-order valence-corrected chi connectivity index (χ0v) is 11.2. The van der Waals surface area contributed by atoms with Crippen LogP contribution >= 0.6 is 11.3 Å². The van der Waals surface area contributed by atoms with Crippen molar-refractivity contribution in [2.75, 3.05) is 38.3 Å². The molecule has 1 aliphatic rings. The molecule has 2 amide bonds. The summed E-state index contributed by atoms with van der Waals surface area (Å²) in [4.78, 5) is 18.0. The van der Waals surface area contributed by atoms with Gasteiger partial charge in [-0.25, -0.2) is 9.78 Å². The summed E-state index contributed by atoms with van der Waals surface area (Å²) in [5.74, 6) is 0. The average Bonchev–Trinajstić information content (AvgIpc) is 2.98. The Morgan fingerprint density at radius 3 is 3.33 bits per heavy atom. The van der Waals surface area contributed by atoms with Crippen molar-refractivity contribution in [1.29, 1.82) is 0 Å². The molecule has 0 spiro atoms. The maximum Gasteiger partial charge on any atom is 0.315 e. The molecule has 0 radical (unpaired) electrons. The lowest BCUT2D eigenvalue weighted by Crippen LogP contribution is -2.44. The molecule has 1 aromatic heterocycles. The molecule has 2 rings (SSSR count). The van der Waals surface area contributed by atoms with Gasteiger partial charge in [0, 0.05) is 44.4 Å². The van der Waals surface area contributed by atoms with Gasteiger partial charge in [-0.15, -0.1) is 11.3 Å². The number of thiazole rings is 1. The third-order valence-electron chi connectivity index (χ3n) is 2.81. The Balaban J connectivity index is 1.71. The molecule has 18 heavy (non-hydrogen) atoms. The fourth-order valence-electron chi connectivity index (χ4n) is 1.93. The molecule has 100 valence electrons. The summed E-state index contributed by atoms with van der Waals surface area (Å²) >= 11 is 1.63. The van der Waals surface area contributed by atoms with Gasteiger partial charge in [0.1, 0.15) is 0 Å². The van der Waals surface area contributed by atoms with E-state index in [0.717, 1.165) is 24.6 Å². The number of aromatic nitrogens is 1. The number of carbonyl (C=O) groups is 1. The van der Waals surface area contributed by atoms with Gasteiger partial charge in [-0.05, 0) is 6.42 Å². The van der Waals surface area contributed by atoms with E-state index in [1.54, 1.807) is 24.6 Å². The van der Waals surface area contributed by atoms with Gasteiger partial charge >= 0.3 is 6.03 Å². The van der Waals surface area contributed by atoms with Crippen molar-refractivity contribution in [2.24, 2.45) is 0 Å². The Labute approximate surface area is 110 Å². The summed E-state index contributed by atoms with van der Waals surface area (Å²) in [6, 6.07) is 0.0643. The number of hydrogen-bond donors (Lipinski definition) is 2. The molecule has 0 aliphatic carbocycles. The van der Waals surface area contributed by atoms with Crippen LogP contribution in [0.15, 0.2) is 11.6 Å². The van der Waals surface area contributed by atoms with Crippen LogP contribution in [0.4, 0.5) is 9.93 Å². The molecule has 0 saturated carbocycles. The highest BCUT2D eigenvalue weighted by Gasteiger charge is 2.25. The number of anilines is 1. The van der Waals surface area contributed by atoms with Crippen LogP contribution in [0.1, 0.15) is 6.42 Å². The Kier molecular flexibility index (Phi) is 4.77. The van der Waals surface area contributed by atoms with E-state index in [1.807, 2.05) is 5.38 Å². The number of methoxy groups -OCH3 is 1. The molecule has 0 bridgehead atoms. The lowest BCUT2D eigenvalue weighted by atomic mass is 10.3. The van der Waals surface area contributed by atoms with Crippen LogP contribution < -0.4 is 15.5 Å². The Hall–Kier alpha value is -1.34. The number of ether oxygens (including phenoxy) is 1. The monoisotopic (exact) mass is 270 g/mol.